The second kappa shape index (κ2) is 6.87. The van der Waals surface area contributed by atoms with Gasteiger partial charge in [0.15, 0.2) is 5.16 Å². The van der Waals surface area contributed by atoms with Gasteiger partial charge in [0, 0.05) is 11.4 Å². The molecule has 2 aromatic rings. The van der Waals surface area contributed by atoms with Crippen LogP contribution in [0.3, 0.4) is 0 Å². The zero-order chi connectivity index (χ0) is 17.1. The SMILES string of the molecule is C=C(C)N=C(C)/C=C(\C)Sc1nc(N)c2c(O)c(CC)[nH]c2n1. The van der Waals surface area contributed by atoms with Crippen LogP contribution in [0.25, 0.3) is 11.0 Å². The summed E-state index contributed by atoms with van der Waals surface area (Å²) in [6.45, 7) is 11.4. The number of H-pyrrole nitrogens is 1. The van der Waals surface area contributed by atoms with Crippen molar-refractivity contribution in [3.8, 4) is 5.75 Å². The Kier molecular flexibility index (Phi) is 5.10. The molecule has 0 aliphatic heterocycles. The second-order valence-electron chi connectivity index (χ2n) is 5.27. The molecule has 0 atom stereocenters. The Morgan fingerprint density at radius 1 is 1.39 bits per heavy atom. The number of fused-ring (bicyclic) bond motifs is 1. The molecule has 0 radical (unpaired) electrons. The largest absolute Gasteiger partial charge is 0.505 e. The molecule has 2 rings (SSSR count). The van der Waals surface area contributed by atoms with Crippen molar-refractivity contribution in [1.82, 2.24) is 15.0 Å². The number of anilines is 1. The van der Waals surface area contributed by atoms with Crippen LogP contribution < -0.4 is 5.73 Å². The lowest BCUT2D eigenvalue weighted by Gasteiger charge is -2.03. The molecule has 7 heteroatoms. The van der Waals surface area contributed by atoms with Crippen LogP contribution >= 0.6 is 11.8 Å². The van der Waals surface area contributed by atoms with Gasteiger partial charge in [0.05, 0.1) is 5.69 Å². The standard InChI is InChI=1S/C16H21N5OS/c1-6-11-13(22)12-14(17)20-16(21-15(12)19-11)23-10(5)7-9(4)18-8(2)3/h7,22H,2,6H2,1,3-5H3,(H3,17,19,20,21)/b10-7+,18-9?. The molecule has 0 aliphatic carbocycles. The van der Waals surface area contributed by atoms with Gasteiger partial charge in [-0.15, -0.1) is 0 Å². The normalized spacial score (nSPS) is 12.9. The number of hydrogen-bond acceptors (Lipinski definition) is 6. The number of aromatic hydroxyl groups is 1. The van der Waals surface area contributed by atoms with E-state index in [9.17, 15) is 5.11 Å². The predicted molar refractivity (Wildman–Crippen MR) is 96.9 cm³/mol. The van der Waals surface area contributed by atoms with Crippen molar-refractivity contribution in [1.29, 1.82) is 0 Å². The second-order valence-corrected chi connectivity index (χ2v) is 6.48. The highest BCUT2D eigenvalue weighted by atomic mass is 32.2. The van der Waals surface area contributed by atoms with Crippen LogP contribution in [0.5, 0.6) is 5.75 Å². The molecule has 4 N–H and O–H groups in total. The van der Waals surface area contributed by atoms with Gasteiger partial charge in [-0.1, -0.05) is 25.3 Å². The van der Waals surface area contributed by atoms with Crippen LogP contribution in [-0.4, -0.2) is 25.8 Å². The van der Waals surface area contributed by atoms with Gasteiger partial charge in [-0.2, -0.15) is 0 Å². The highest BCUT2D eigenvalue weighted by Crippen LogP contribution is 2.34. The third-order valence-corrected chi connectivity index (χ3v) is 3.90. The van der Waals surface area contributed by atoms with Crippen molar-refractivity contribution in [2.45, 2.75) is 39.3 Å². The number of nitrogen functional groups attached to an aromatic ring is 1. The number of nitrogens with two attached hydrogens (primary N) is 1. The molecule has 2 aromatic heterocycles. The van der Waals surface area contributed by atoms with Crippen molar-refractivity contribution in [3.05, 3.63) is 29.0 Å². The van der Waals surface area contributed by atoms with Gasteiger partial charge in [-0.05, 0) is 38.2 Å². The van der Waals surface area contributed by atoms with Crippen molar-refractivity contribution in [2.24, 2.45) is 4.99 Å². The number of hydrogen-bond donors (Lipinski definition) is 3. The predicted octanol–water partition coefficient (Wildman–Crippen LogP) is 3.80. The van der Waals surface area contributed by atoms with Crippen LogP contribution in [0.1, 0.15) is 33.4 Å². The molecule has 0 bridgehead atoms. The molecular formula is C16H21N5OS. The Bertz CT molecular complexity index is 819. The average Bonchev–Trinajstić information content (AvgIpc) is 2.74. The first kappa shape index (κ1) is 17.1. The maximum Gasteiger partial charge on any atom is 0.196 e. The first-order chi connectivity index (χ1) is 10.8. The molecule has 0 saturated heterocycles. The fourth-order valence-electron chi connectivity index (χ4n) is 2.24. The summed E-state index contributed by atoms with van der Waals surface area (Å²) in [6.07, 6.45) is 2.60. The van der Waals surface area contributed by atoms with Crippen LogP contribution in [-0.2, 0) is 6.42 Å². The van der Waals surface area contributed by atoms with Crippen LogP contribution in [0.2, 0.25) is 0 Å². The minimum Gasteiger partial charge on any atom is -0.505 e. The number of nitrogens with zero attached hydrogens (tertiary/aromatic N) is 3. The lowest BCUT2D eigenvalue weighted by molar-refractivity contribution is 0.474. The summed E-state index contributed by atoms with van der Waals surface area (Å²) >= 11 is 1.40. The molecular weight excluding hydrogens is 310 g/mol. The van der Waals surface area contributed by atoms with Gasteiger partial charge in [-0.3, -0.25) is 4.99 Å². The fraction of sp³-hybridized carbons (Fsp3) is 0.312. The molecule has 0 unspecified atom stereocenters. The van der Waals surface area contributed by atoms with E-state index in [-0.39, 0.29) is 11.6 Å². The molecule has 122 valence electrons. The minimum atomic E-state index is 0.133. The zero-order valence-electron chi connectivity index (χ0n) is 13.8. The molecule has 0 aliphatic rings. The van der Waals surface area contributed by atoms with Gasteiger partial charge in [0.1, 0.15) is 22.6 Å². The van der Waals surface area contributed by atoms with E-state index in [0.29, 0.717) is 28.3 Å². The Balaban J connectivity index is 2.34. The highest BCUT2D eigenvalue weighted by molar-refractivity contribution is 8.02. The summed E-state index contributed by atoms with van der Waals surface area (Å²) < 4.78 is 0. The summed E-state index contributed by atoms with van der Waals surface area (Å²) in [7, 11) is 0. The number of aromatic nitrogens is 3. The Morgan fingerprint density at radius 2 is 2.09 bits per heavy atom. The molecule has 0 aromatic carbocycles. The molecule has 0 fully saturated rings. The number of nitrogens with one attached hydrogen (secondary N) is 1. The molecule has 23 heavy (non-hydrogen) atoms. The van der Waals surface area contributed by atoms with Gasteiger partial charge in [0.25, 0.3) is 0 Å². The summed E-state index contributed by atoms with van der Waals surface area (Å²) in [6, 6.07) is 0. The highest BCUT2D eigenvalue weighted by Gasteiger charge is 2.15. The van der Waals surface area contributed by atoms with Crippen molar-refractivity contribution in [2.75, 3.05) is 5.73 Å². The van der Waals surface area contributed by atoms with E-state index < -0.39 is 0 Å². The van der Waals surface area contributed by atoms with E-state index in [0.717, 1.165) is 16.3 Å². The molecule has 6 nitrogen and oxygen atoms in total. The van der Waals surface area contributed by atoms with Crippen LogP contribution in [0.4, 0.5) is 5.82 Å². The maximum absolute atomic E-state index is 10.1. The van der Waals surface area contributed by atoms with E-state index >= 15 is 0 Å². The van der Waals surface area contributed by atoms with Gasteiger partial charge >= 0.3 is 0 Å². The number of thioether (sulfide) groups is 1. The molecule has 2 heterocycles. The average molecular weight is 331 g/mol. The van der Waals surface area contributed by atoms with Crippen molar-refractivity contribution in [3.63, 3.8) is 0 Å². The first-order valence-electron chi connectivity index (χ1n) is 7.25. The smallest absolute Gasteiger partial charge is 0.196 e. The van der Waals surface area contributed by atoms with E-state index in [1.807, 2.05) is 33.8 Å². The number of aryl methyl sites for hydroxylation is 1. The molecule has 0 amide bonds. The monoisotopic (exact) mass is 331 g/mol. The zero-order valence-corrected chi connectivity index (χ0v) is 14.6. The first-order valence-corrected chi connectivity index (χ1v) is 8.07. The number of aromatic amines is 1. The topological polar surface area (TPSA) is 100 Å². The van der Waals surface area contributed by atoms with E-state index in [1.165, 1.54) is 11.8 Å². The maximum atomic E-state index is 10.1. The third kappa shape index (κ3) is 3.92. The van der Waals surface area contributed by atoms with Crippen LogP contribution in [0, 0.1) is 0 Å². The lowest BCUT2D eigenvalue weighted by Crippen LogP contribution is -1.96. The van der Waals surface area contributed by atoms with E-state index in [1.54, 1.807) is 0 Å². The number of aliphatic imine (C=N–C) groups is 1. The summed E-state index contributed by atoms with van der Waals surface area (Å²) in [5.41, 5.74) is 8.85. The van der Waals surface area contributed by atoms with Gasteiger partial charge < -0.3 is 15.8 Å². The quantitative estimate of drug-likeness (QED) is 0.439. The third-order valence-electron chi connectivity index (χ3n) is 3.09. The number of allylic oxidation sites excluding steroid dienone is 3. The summed E-state index contributed by atoms with van der Waals surface area (Å²) in [5, 5.41) is 11.1. The van der Waals surface area contributed by atoms with Gasteiger partial charge in [0.2, 0.25) is 0 Å². The fourth-order valence-corrected chi connectivity index (χ4v) is 3.03. The molecule has 0 saturated carbocycles. The number of rotatable bonds is 5. The van der Waals surface area contributed by atoms with Crippen molar-refractivity contribution < 1.29 is 5.11 Å². The van der Waals surface area contributed by atoms with Crippen molar-refractivity contribution >= 4 is 34.3 Å². The Hall–Kier alpha value is -2.28. The lowest BCUT2D eigenvalue weighted by atomic mass is 10.3. The summed E-state index contributed by atoms with van der Waals surface area (Å²) in [5.74, 6) is 0.402. The van der Waals surface area contributed by atoms with E-state index in [2.05, 4.69) is 26.5 Å². The van der Waals surface area contributed by atoms with Gasteiger partial charge in [-0.25, -0.2) is 9.97 Å². The molecule has 0 spiro atoms. The Labute approximate surface area is 139 Å². The van der Waals surface area contributed by atoms with Crippen LogP contribution in [0.15, 0.2) is 33.4 Å². The van der Waals surface area contributed by atoms with E-state index in [4.69, 9.17) is 5.73 Å². The minimum absolute atomic E-state index is 0.133. The Morgan fingerprint density at radius 3 is 2.70 bits per heavy atom. The summed E-state index contributed by atoms with van der Waals surface area (Å²) in [4.78, 5) is 17.1.